The van der Waals surface area contributed by atoms with Gasteiger partial charge in [0, 0.05) is 37.4 Å². The van der Waals surface area contributed by atoms with E-state index in [1.54, 1.807) is 18.2 Å². The highest BCUT2D eigenvalue weighted by molar-refractivity contribution is 5.95. The Labute approximate surface area is 180 Å². The molecule has 2 aromatic rings. The molecule has 0 atom stereocenters. The molecule has 3 rings (SSSR count). The topological polar surface area (TPSA) is 89.1 Å². The predicted octanol–water partition coefficient (Wildman–Crippen LogP) is 1.91. The van der Waals surface area contributed by atoms with Crippen molar-refractivity contribution in [1.82, 2.24) is 10.2 Å². The van der Waals surface area contributed by atoms with Crippen LogP contribution in [0.3, 0.4) is 0 Å². The van der Waals surface area contributed by atoms with E-state index in [4.69, 9.17) is 14.2 Å². The highest BCUT2D eigenvalue weighted by Crippen LogP contribution is 2.28. The maximum atomic E-state index is 12.9. The lowest BCUT2D eigenvalue weighted by atomic mass is 10.2. The van der Waals surface area contributed by atoms with Gasteiger partial charge in [-0.05, 0) is 42.5 Å². The molecular formula is C22H26FN3O5. The molecule has 2 N–H and O–H groups in total. The van der Waals surface area contributed by atoms with Crippen molar-refractivity contribution in [3.63, 3.8) is 0 Å². The lowest BCUT2D eigenvalue weighted by Gasteiger charge is -2.26. The Morgan fingerprint density at radius 1 is 1.10 bits per heavy atom. The van der Waals surface area contributed by atoms with Crippen molar-refractivity contribution in [2.45, 2.75) is 0 Å². The van der Waals surface area contributed by atoms with Crippen LogP contribution in [0.2, 0.25) is 0 Å². The third kappa shape index (κ3) is 6.94. The summed E-state index contributed by atoms with van der Waals surface area (Å²) in [5.41, 5.74) is 0.896. The monoisotopic (exact) mass is 431 g/mol. The SMILES string of the molecule is COc1cc(C(=O)NCCN2CCOCC2)ccc1OCC(=O)Nc1ccc(F)cc1. The molecule has 1 aliphatic heterocycles. The Hall–Kier alpha value is -3.17. The number of hydrogen-bond donors (Lipinski definition) is 2. The molecule has 1 heterocycles. The number of rotatable bonds is 9. The van der Waals surface area contributed by atoms with Gasteiger partial charge in [0.05, 0.1) is 20.3 Å². The fourth-order valence-corrected chi connectivity index (χ4v) is 3.06. The Kier molecular flexibility index (Phi) is 8.19. The number of hydrogen-bond acceptors (Lipinski definition) is 6. The van der Waals surface area contributed by atoms with E-state index < -0.39 is 5.91 Å². The summed E-state index contributed by atoms with van der Waals surface area (Å²) >= 11 is 0. The van der Waals surface area contributed by atoms with Crippen LogP contribution in [0.1, 0.15) is 10.4 Å². The zero-order chi connectivity index (χ0) is 22.1. The normalized spacial score (nSPS) is 14.0. The van der Waals surface area contributed by atoms with Gasteiger partial charge in [-0.3, -0.25) is 14.5 Å². The minimum atomic E-state index is -0.404. The summed E-state index contributed by atoms with van der Waals surface area (Å²) in [5.74, 6) is -0.327. The molecule has 2 amide bonds. The number of amides is 2. The number of anilines is 1. The number of morpholine rings is 1. The summed E-state index contributed by atoms with van der Waals surface area (Å²) in [6.45, 7) is 4.19. The van der Waals surface area contributed by atoms with Gasteiger partial charge in [-0.1, -0.05) is 0 Å². The first-order valence-corrected chi connectivity index (χ1v) is 9.99. The van der Waals surface area contributed by atoms with E-state index in [9.17, 15) is 14.0 Å². The van der Waals surface area contributed by atoms with Gasteiger partial charge in [-0.15, -0.1) is 0 Å². The van der Waals surface area contributed by atoms with Crippen LogP contribution in [0.5, 0.6) is 11.5 Å². The maximum Gasteiger partial charge on any atom is 0.262 e. The van der Waals surface area contributed by atoms with Crippen molar-refractivity contribution in [2.24, 2.45) is 0 Å². The molecule has 0 spiro atoms. The molecule has 8 nitrogen and oxygen atoms in total. The number of halogens is 1. The number of methoxy groups -OCH3 is 1. The lowest BCUT2D eigenvalue weighted by Crippen LogP contribution is -2.41. The Morgan fingerprint density at radius 2 is 1.84 bits per heavy atom. The van der Waals surface area contributed by atoms with Crippen molar-refractivity contribution in [2.75, 3.05) is 58.4 Å². The fraction of sp³-hybridized carbons (Fsp3) is 0.364. The number of carbonyl (C=O) groups excluding carboxylic acids is 2. The zero-order valence-corrected chi connectivity index (χ0v) is 17.4. The summed E-state index contributed by atoms with van der Waals surface area (Å²) in [6, 6.07) is 10.2. The zero-order valence-electron chi connectivity index (χ0n) is 17.4. The van der Waals surface area contributed by atoms with E-state index in [1.165, 1.54) is 31.4 Å². The average molecular weight is 431 g/mol. The second kappa shape index (κ2) is 11.3. The first-order valence-electron chi connectivity index (χ1n) is 9.99. The maximum absolute atomic E-state index is 12.9. The molecule has 2 aromatic carbocycles. The Balaban J connectivity index is 1.49. The van der Waals surface area contributed by atoms with Gasteiger partial charge >= 0.3 is 0 Å². The van der Waals surface area contributed by atoms with Crippen molar-refractivity contribution in [3.8, 4) is 11.5 Å². The van der Waals surface area contributed by atoms with Crippen LogP contribution in [-0.2, 0) is 9.53 Å². The van der Waals surface area contributed by atoms with Crippen LogP contribution in [-0.4, -0.2) is 69.8 Å². The van der Waals surface area contributed by atoms with Crippen LogP contribution in [0, 0.1) is 5.82 Å². The number of carbonyl (C=O) groups is 2. The highest BCUT2D eigenvalue weighted by atomic mass is 19.1. The number of ether oxygens (including phenoxy) is 3. The van der Waals surface area contributed by atoms with Crippen LogP contribution in [0.25, 0.3) is 0 Å². The van der Waals surface area contributed by atoms with Crippen LogP contribution < -0.4 is 20.1 Å². The van der Waals surface area contributed by atoms with Gasteiger partial charge < -0.3 is 24.8 Å². The molecule has 0 saturated carbocycles. The van der Waals surface area contributed by atoms with E-state index in [1.807, 2.05) is 0 Å². The molecule has 0 radical (unpaired) electrons. The van der Waals surface area contributed by atoms with E-state index in [0.29, 0.717) is 42.5 Å². The largest absolute Gasteiger partial charge is 0.493 e. The first-order chi connectivity index (χ1) is 15.0. The number of nitrogens with zero attached hydrogens (tertiary/aromatic N) is 1. The van der Waals surface area contributed by atoms with E-state index in [2.05, 4.69) is 15.5 Å². The minimum Gasteiger partial charge on any atom is -0.493 e. The molecule has 1 saturated heterocycles. The smallest absolute Gasteiger partial charge is 0.262 e. The second-order valence-electron chi connectivity index (χ2n) is 6.92. The summed E-state index contributed by atoms with van der Waals surface area (Å²) in [6.07, 6.45) is 0. The molecule has 1 fully saturated rings. The van der Waals surface area contributed by atoms with Crippen molar-refractivity contribution >= 4 is 17.5 Å². The highest BCUT2D eigenvalue weighted by Gasteiger charge is 2.14. The molecule has 166 valence electrons. The molecular weight excluding hydrogens is 405 g/mol. The second-order valence-corrected chi connectivity index (χ2v) is 6.92. The summed E-state index contributed by atoms with van der Waals surface area (Å²) in [5, 5.41) is 5.50. The van der Waals surface area contributed by atoms with Crippen molar-refractivity contribution < 1.29 is 28.2 Å². The third-order valence-corrected chi connectivity index (χ3v) is 4.73. The molecule has 31 heavy (non-hydrogen) atoms. The summed E-state index contributed by atoms with van der Waals surface area (Å²) in [4.78, 5) is 26.7. The van der Waals surface area contributed by atoms with Crippen molar-refractivity contribution in [3.05, 3.63) is 53.8 Å². The third-order valence-electron chi connectivity index (χ3n) is 4.73. The minimum absolute atomic E-state index is 0.216. The molecule has 0 aromatic heterocycles. The van der Waals surface area contributed by atoms with Crippen LogP contribution in [0.15, 0.2) is 42.5 Å². The van der Waals surface area contributed by atoms with Crippen molar-refractivity contribution in [1.29, 1.82) is 0 Å². The quantitative estimate of drug-likeness (QED) is 0.631. The van der Waals surface area contributed by atoms with E-state index in [-0.39, 0.29) is 18.3 Å². The fourth-order valence-electron chi connectivity index (χ4n) is 3.06. The van der Waals surface area contributed by atoms with Gasteiger partial charge in [0.1, 0.15) is 5.82 Å². The van der Waals surface area contributed by atoms with Gasteiger partial charge in [0.2, 0.25) is 0 Å². The average Bonchev–Trinajstić information content (AvgIpc) is 2.79. The van der Waals surface area contributed by atoms with Gasteiger partial charge in [0.25, 0.3) is 11.8 Å². The Morgan fingerprint density at radius 3 is 2.55 bits per heavy atom. The molecule has 0 bridgehead atoms. The first kappa shape index (κ1) is 22.5. The van der Waals surface area contributed by atoms with Gasteiger partial charge in [-0.25, -0.2) is 4.39 Å². The molecule has 0 aliphatic carbocycles. The molecule has 0 unspecified atom stereocenters. The van der Waals surface area contributed by atoms with Crippen LogP contribution >= 0.6 is 0 Å². The number of nitrogens with one attached hydrogen (secondary N) is 2. The van der Waals surface area contributed by atoms with Gasteiger partial charge in [-0.2, -0.15) is 0 Å². The summed E-state index contributed by atoms with van der Waals surface area (Å²) < 4.78 is 29.1. The van der Waals surface area contributed by atoms with E-state index >= 15 is 0 Å². The lowest BCUT2D eigenvalue weighted by molar-refractivity contribution is -0.118. The van der Waals surface area contributed by atoms with E-state index in [0.717, 1.165) is 19.6 Å². The predicted molar refractivity (Wildman–Crippen MR) is 113 cm³/mol. The number of benzene rings is 2. The van der Waals surface area contributed by atoms with Crippen LogP contribution in [0.4, 0.5) is 10.1 Å². The summed E-state index contributed by atoms with van der Waals surface area (Å²) in [7, 11) is 1.46. The Bertz CT molecular complexity index is 885. The molecule has 1 aliphatic rings. The standard InChI is InChI=1S/C22H26FN3O5/c1-29-20-14-16(22(28)24-8-9-26-10-12-30-13-11-26)2-7-19(20)31-15-21(27)25-18-5-3-17(23)4-6-18/h2-7,14H,8-13,15H2,1H3,(H,24,28)(H,25,27). The van der Waals surface area contributed by atoms with Gasteiger partial charge in [0.15, 0.2) is 18.1 Å². The molecule has 9 heteroatoms.